The molecule has 0 aliphatic carbocycles. The van der Waals surface area contributed by atoms with E-state index in [9.17, 15) is 9.59 Å². The third-order valence-corrected chi connectivity index (χ3v) is 5.34. The molecule has 2 heterocycles. The van der Waals surface area contributed by atoms with Gasteiger partial charge >= 0.3 is 0 Å². The molecule has 4 rings (SSSR count). The lowest BCUT2D eigenvalue weighted by Gasteiger charge is -2.27. The topological polar surface area (TPSA) is 87.3 Å². The maximum atomic E-state index is 12.4. The van der Waals surface area contributed by atoms with Crippen molar-refractivity contribution < 1.29 is 9.53 Å². The average molecular weight is 406 g/mol. The molecule has 1 aromatic heterocycles. The number of H-pyrrole nitrogens is 1. The van der Waals surface area contributed by atoms with Crippen LogP contribution < -0.4 is 10.9 Å². The smallest absolute Gasteiger partial charge is 0.258 e. The number of nitrogens with zero attached hydrogens (tertiary/aromatic N) is 2. The molecule has 30 heavy (non-hydrogen) atoms. The first kappa shape index (κ1) is 20.3. The Kier molecular flexibility index (Phi) is 6.51. The number of aromatic nitrogens is 2. The van der Waals surface area contributed by atoms with E-state index in [1.165, 1.54) is 5.56 Å². The Bertz CT molecular complexity index is 1070. The summed E-state index contributed by atoms with van der Waals surface area (Å²) in [5.41, 5.74) is 2.82. The van der Waals surface area contributed by atoms with Crippen LogP contribution in [0, 0.1) is 0 Å². The number of carbonyl (C=O) groups excluding carboxylic acids is 1. The summed E-state index contributed by atoms with van der Waals surface area (Å²) in [6.45, 7) is 4.74. The highest BCUT2D eigenvalue weighted by Crippen LogP contribution is 2.13. The van der Waals surface area contributed by atoms with Gasteiger partial charge in [-0.25, -0.2) is 4.98 Å². The maximum Gasteiger partial charge on any atom is 0.258 e. The Morgan fingerprint density at radius 2 is 1.80 bits per heavy atom. The second kappa shape index (κ2) is 9.65. The number of ether oxygens (including phenoxy) is 1. The van der Waals surface area contributed by atoms with Gasteiger partial charge in [-0.1, -0.05) is 36.4 Å². The van der Waals surface area contributed by atoms with Crippen molar-refractivity contribution in [1.29, 1.82) is 0 Å². The number of morpholine rings is 1. The molecule has 2 N–H and O–H groups in total. The highest BCUT2D eigenvalue weighted by atomic mass is 16.5. The van der Waals surface area contributed by atoms with E-state index in [1.807, 2.05) is 24.3 Å². The first-order valence-electron chi connectivity index (χ1n) is 10.3. The fourth-order valence-electron chi connectivity index (χ4n) is 3.65. The largest absolute Gasteiger partial charge is 0.379 e. The minimum atomic E-state index is -0.173. The van der Waals surface area contributed by atoms with Crippen LogP contribution in [0.5, 0.6) is 0 Å². The quantitative estimate of drug-likeness (QED) is 0.627. The van der Waals surface area contributed by atoms with Crippen molar-refractivity contribution in [2.24, 2.45) is 0 Å². The molecule has 7 heteroatoms. The molecule has 156 valence electrons. The van der Waals surface area contributed by atoms with Crippen molar-refractivity contribution in [3.05, 3.63) is 75.8 Å². The molecule has 7 nitrogen and oxygen atoms in total. The minimum absolute atomic E-state index is 0.0630. The van der Waals surface area contributed by atoms with Gasteiger partial charge in [0.1, 0.15) is 5.82 Å². The average Bonchev–Trinajstić information content (AvgIpc) is 2.78. The van der Waals surface area contributed by atoms with Crippen LogP contribution in [0.25, 0.3) is 10.9 Å². The zero-order chi connectivity index (χ0) is 20.8. The van der Waals surface area contributed by atoms with Crippen molar-refractivity contribution >= 4 is 16.8 Å². The minimum Gasteiger partial charge on any atom is -0.379 e. The summed E-state index contributed by atoms with van der Waals surface area (Å²) in [6.07, 6.45) is 0.661. The second-order valence-corrected chi connectivity index (χ2v) is 7.46. The van der Waals surface area contributed by atoms with E-state index in [-0.39, 0.29) is 17.9 Å². The summed E-state index contributed by atoms with van der Waals surface area (Å²) in [6, 6.07) is 15.4. The molecule has 1 aliphatic heterocycles. The highest BCUT2D eigenvalue weighted by Gasteiger charge is 2.13. The first-order valence-corrected chi connectivity index (χ1v) is 10.3. The van der Waals surface area contributed by atoms with Crippen LogP contribution in [0.1, 0.15) is 23.4 Å². The van der Waals surface area contributed by atoms with E-state index in [1.54, 1.807) is 12.1 Å². The molecule has 0 spiro atoms. The molecular weight excluding hydrogens is 380 g/mol. The monoisotopic (exact) mass is 406 g/mol. The molecule has 0 atom stereocenters. The number of aryl methyl sites for hydroxylation is 1. The highest BCUT2D eigenvalue weighted by molar-refractivity contribution is 5.78. The van der Waals surface area contributed by atoms with E-state index < -0.39 is 0 Å². The van der Waals surface area contributed by atoms with Gasteiger partial charge in [0.2, 0.25) is 5.91 Å². The van der Waals surface area contributed by atoms with Gasteiger partial charge in [0.05, 0.1) is 24.1 Å². The Morgan fingerprint density at radius 3 is 2.63 bits per heavy atom. The number of rotatable bonds is 7. The van der Waals surface area contributed by atoms with E-state index in [0.29, 0.717) is 29.7 Å². The molecule has 0 saturated carbocycles. The van der Waals surface area contributed by atoms with Crippen molar-refractivity contribution in [3.63, 3.8) is 0 Å². The van der Waals surface area contributed by atoms with Crippen molar-refractivity contribution in [2.75, 3.05) is 26.3 Å². The van der Waals surface area contributed by atoms with E-state index in [4.69, 9.17) is 4.74 Å². The molecule has 0 radical (unpaired) electrons. The molecule has 1 fully saturated rings. The zero-order valence-electron chi connectivity index (χ0n) is 16.9. The Balaban J connectivity index is 1.32. The van der Waals surface area contributed by atoms with Gasteiger partial charge in [0.15, 0.2) is 0 Å². The van der Waals surface area contributed by atoms with Gasteiger partial charge in [-0.15, -0.1) is 0 Å². The zero-order valence-corrected chi connectivity index (χ0v) is 16.9. The van der Waals surface area contributed by atoms with Gasteiger partial charge in [-0.05, 0) is 23.3 Å². The van der Waals surface area contributed by atoms with Crippen LogP contribution in [0.15, 0.2) is 53.3 Å². The fraction of sp³-hybridized carbons (Fsp3) is 0.348. The number of carbonyl (C=O) groups is 1. The second-order valence-electron chi connectivity index (χ2n) is 7.46. The number of benzene rings is 2. The van der Waals surface area contributed by atoms with Gasteiger partial charge in [0, 0.05) is 39.0 Å². The maximum absolute atomic E-state index is 12.4. The lowest BCUT2D eigenvalue weighted by molar-refractivity contribution is -0.121. The number of aromatic amines is 1. The van der Waals surface area contributed by atoms with Crippen LogP contribution in [0.2, 0.25) is 0 Å². The van der Waals surface area contributed by atoms with Crippen LogP contribution >= 0.6 is 0 Å². The van der Waals surface area contributed by atoms with Crippen LogP contribution in [0.4, 0.5) is 0 Å². The number of nitrogens with one attached hydrogen (secondary N) is 2. The number of para-hydroxylation sites is 1. The Morgan fingerprint density at radius 1 is 1.07 bits per heavy atom. The number of hydrogen-bond acceptors (Lipinski definition) is 5. The summed E-state index contributed by atoms with van der Waals surface area (Å²) >= 11 is 0. The number of hydrogen-bond donors (Lipinski definition) is 2. The molecule has 0 unspecified atom stereocenters. The van der Waals surface area contributed by atoms with E-state index >= 15 is 0 Å². The first-order chi connectivity index (χ1) is 14.7. The van der Waals surface area contributed by atoms with Crippen LogP contribution in [-0.4, -0.2) is 47.1 Å². The third kappa shape index (κ3) is 5.11. The van der Waals surface area contributed by atoms with Crippen molar-refractivity contribution in [1.82, 2.24) is 20.2 Å². The predicted octanol–water partition coefficient (Wildman–Crippen LogP) is 2.00. The van der Waals surface area contributed by atoms with Crippen molar-refractivity contribution in [3.8, 4) is 0 Å². The standard InChI is InChI=1S/C23H26N4O3/c28-22(10-9-21-25-20-8-4-3-7-19(20)23(29)26-21)24-15-17-5-1-2-6-18(17)16-27-11-13-30-14-12-27/h1-8H,9-16H2,(H,24,28)(H,25,26,29). The van der Waals surface area contributed by atoms with Gasteiger partial charge in [-0.2, -0.15) is 0 Å². The van der Waals surface area contributed by atoms with Gasteiger partial charge in [-0.3, -0.25) is 14.5 Å². The van der Waals surface area contributed by atoms with E-state index in [2.05, 4.69) is 32.3 Å². The predicted molar refractivity (Wildman–Crippen MR) is 115 cm³/mol. The fourth-order valence-corrected chi connectivity index (χ4v) is 3.65. The summed E-state index contributed by atoms with van der Waals surface area (Å²) in [5, 5.41) is 3.55. The molecule has 0 bridgehead atoms. The van der Waals surface area contributed by atoms with Crippen LogP contribution in [-0.2, 0) is 29.0 Å². The van der Waals surface area contributed by atoms with E-state index in [0.717, 1.165) is 38.4 Å². The summed E-state index contributed by atoms with van der Waals surface area (Å²) in [5.74, 6) is 0.466. The normalized spacial score (nSPS) is 14.7. The molecule has 2 aromatic carbocycles. The lowest BCUT2D eigenvalue weighted by atomic mass is 10.1. The van der Waals surface area contributed by atoms with Crippen molar-refractivity contribution in [2.45, 2.75) is 25.9 Å². The molecular formula is C23H26N4O3. The summed E-state index contributed by atoms with van der Waals surface area (Å²) in [4.78, 5) is 34.1. The lowest BCUT2D eigenvalue weighted by Crippen LogP contribution is -2.36. The molecule has 1 aliphatic rings. The van der Waals surface area contributed by atoms with Gasteiger partial charge in [0.25, 0.3) is 5.56 Å². The Labute approximate surface area is 175 Å². The summed E-state index contributed by atoms with van der Waals surface area (Å²) in [7, 11) is 0. The Hall–Kier alpha value is -3.03. The third-order valence-electron chi connectivity index (χ3n) is 5.34. The number of fused-ring (bicyclic) bond motifs is 1. The van der Waals surface area contributed by atoms with Gasteiger partial charge < -0.3 is 15.0 Å². The molecule has 1 saturated heterocycles. The summed E-state index contributed by atoms with van der Waals surface area (Å²) < 4.78 is 5.42. The SMILES string of the molecule is O=C(CCc1nc2ccccc2c(=O)[nH]1)NCc1ccccc1CN1CCOCC1. The molecule has 3 aromatic rings. The molecule has 1 amide bonds. The number of amides is 1. The van der Waals surface area contributed by atoms with Crippen LogP contribution in [0.3, 0.4) is 0 Å².